The highest BCUT2D eigenvalue weighted by molar-refractivity contribution is 5.79. The third-order valence-corrected chi connectivity index (χ3v) is 3.05. The van der Waals surface area contributed by atoms with Crippen molar-refractivity contribution in [1.82, 2.24) is 9.55 Å². The minimum absolute atomic E-state index is 0.170. The SMILES string of the molecule is Nc1nc2c(F)cccc2n1Cc1ccccc1F. The van der Waals surface area contributed by atoms with Crippen LogP contribution in [0.2, 0.25) is 0 Å². The van der Waals surface area contributed by atoms with Gasteiger partial charge in [-0.2, -0.15) is 0 Å². The number of para-hydroxylation sites is 1. The van der Waals surface area contributed by atoms with E-state index in [2.05, 4.69) is 4.98 Å². The number of rotatable bonds is 2. The molecule has 1 heterocycles. The molecule has 3 aromatic rings. The highest BCUT2D eigenvalue weighted by Gasteiger charge is 2.12. The zero-order valence-electron chi connectivity index (χ0n) is 9.98. The molecule has 3 rings (SSSR count). The van der Waals surface area contributed by atoms with Crippen molar-refractivity contribution in [2.24, 2.45) is 0 Å². The highest BCUT2D eigenvalue weighted by Crippen LogP contribution is 2.22. The minimum atomic E-state index is -0.434. The predicted octanol–water partition coefficient (Wildman–Crippen LogP) is 2.95. The Morgan fingerprint density at radius 3 is 2.53 bits per heavy atom. The van der Waals surface area contributed by atoms with Gasteiger partial charge in [0.05, 0.1) is 12.1 Å². The molecular weight excluding hydrogens is 248 g/mol. The second-order valence-electron chi connectivity index (χ2n) is 4.26. The van der Waals surface area contributed by atoms with Gasteiger partial charge < -0.3 is 10.3 Å². The van der Waals surface area contributed by atoms with Crippen LogP contribution in [0.3, 0.4) is 0 Å². The molecule has 0 aliphatic rings. The standard InChI is InChI=1S/C14H11F2N3/c15-10-5-2-1-4-9(10)8-19-12-7-3-6-11(16)13(12)18-14(19)17/h1-7H,8H2,(H2,17,18). The van der Waals surface area contributed by atoms with Gasteiger partial charge in [-0.25, -0.2) is 13.8 Å². The molecular formula is C14H11F2N3. The summed E-state index contributed by atoms with van der Waals surface area (Å²) in [7, 11) is 0. The van der Waals surface area contributed by atoms with E-state index in [4.69, 9.17) is 5.73 Å². The summed E-state index contributed by atoms with van der Waals surface area (Å²) in [5.74, 6) is -0.583. The maximum Gasteiger partial charge on any atom is 0.201 e. The van der Waals surface area contributed by atoms with Crippen LogP contribution < -0.4 is 5.73 Å². The van der Waals surface area contributed by atoms with Crippen LogP contribution >= 0.6 is 0 Å². The van der Waals surface area contributed by atoms with E-state index in [1.807, 2.05) is 0 Å². The summed E-state index contributed by atoms with van der Waals surface area (Å²) in [4.78, 5) is 3.98. The van der Waals surface area contributed by atoms with E-state index in [0.717, 1.165) is 0 Å². The molecule has 19 heavy (non-hydrogen) atoms. The minimum Gasteiger partial charge on any atom is -0.369 e. The van der Waals surface area contributed by atoms with Crippen molar-refractivity contribution in [3.63, 3.8) is 0 Å². The Labute approximate surface area is 108 Å². The normalized spacial score (nSPS) is 11.1. The number of nitrogen functional groups attached to an aromatic ring is 1. The van der Waals surface area contributed by atoms with Crippen LogP contribution in [0.5, 0.6) is 0 Å². The number of aromatic nitrogens is 2. The maximum absolute atomic E-state index is 13.6. The molecule has 0 aliphatic heterocycles. The van der Waals surface area contributed by atoms with Crippen molar-refractivity contribution in [2.45, 2.75) is 6.54 Å². The Morgan fingerprint density at radius 2 is 1.74 bits per heavy atom. The summed E-state index contributed by atoms with van der Waals surface area (Å²) in [5.41, 5.74) is 7.03. The maximum atomic E-state index is 13.6. The highest BCUT2D eigenvalue weighted by atomic mass is 19.1. The molecule has 0 saturated carbocycles. The van der Waals surface area contributed by atoms with Crippen LogP contribution in [0.4, 0.5) is 14.7 Å². The molecule has 0 saturated heterocycles. The Kier molecular flexibility index (Phi) is 2.67. The first kappa shape index (κ1) is 11.6. The fourth-order valence-corrected chi connectivity index (χ4v) is 2.09. The van der Waals surface area contributed by atoms with E-state index < -0.39 is 5.82 Å². The van der Waals surface area contributed by atoms with Gasteiger partial charge in [-0.05, 0) is 18.2 Å². The van der Waals surface area contributed by atoms with Gasteiger partial charge in [0.1, 0.15) is 11.3 Å². The quantitative estimate of drug-likeness (QED) is 0.769. The van der Waals surface area contributed by atoms with E-state index in [1.54, 1.807) is 34.9 Å². The number of hydrogen-bond donors (Lipinski definition) is 1. The summed E-state index contributed by atoms with van der Waals surface area (Å²) >= 11 is 0. The summed E-state index contributed by atoms with van der Waals surface area (Å²) in [6, 6.07) is 11.0. The summed E-state index contributed by atoms with van der Waals surface area (Å²) in [6.07, 6.45) is 0. The lowest BCUT2D eigenvalue weighted by Gasteiger charge is -2.07. The zero-order valence-corrected chi connectivity index (χ0v) is 9.98. The molecule has 0 amide bonds. The van der Waals surface area contributed by atoms with Crippen molar-refractivity contribution in [2.75, 3.05) is 5.73 Å². The van der Waals surface area contributed by atoms with Gasteiger partial charge in [-0.3, -0.25) is 0 Å². The number of anilines is 1. The lowest BCUT2D eigenvalue weighted by molar-refractivity contribution is 0.602. The van der Waals surface area contributed by atoms with Gasteiger partial charge in [0.15, 0.2) is 5.82 Å². The van der Waals surface area contributed by atoms with Gasteiger partial charge in [0, 0.05) is 5.56 Å². The predicted molar refractivity (Wildman–Crippen MR) is 69.6 cm³/mol. The van der Waals surface area contributed by atoms with E-state index in [9.17, 15) is 8.78 Å². The monoisotopic (exact) mass is 259 g/mol. The van der Waals surface area contributed by atoms with Crippen LogP contribution in [-0.2, 0) is 6.54 Å². The fourth-order valence-electron chi connectivity index (χ4n) is 2.09. The third-order valence-electron chi connectivity index (χ3n) is 3.05. The van der Waals surface area contributed by atoms with E-state index in [-0.39, 0.29) is 23.8 Å². The Morgan fingerprint density at radius 1 is 1.00 bits per heavy atom. The Hall–Kier alpha value is -2.43. The zero-order chi connectivity index (χ0) is 13.4. The molecule has 1 aromatic heterocycles. The van der Waals surface area contributed by atoms with Crippen LogP contribution in [0.1, 0.15) is 5.56 Å². The van der Waals surface area contributed by atoms with Crippen LogP contribution in [-0.4, -0.2) is 9.55 Å². The number of benzene rings is 2. The van der Waals surface area contributed by atoms with Gasteiger partial charge in [0.25, 0.3) is 0 Å². The molecule has 5 heteroatoms. The summed E-state index contributed by atoms with van der Waals surface area (Å²) in [5, 5.41) is 0. The Balaban J connectivity index is 2.13. The van der Waals surface area contributed by atoms with Gasteiger partial charge in [-0.15, -0.1) is 0 Å². The summed E-state index contributed by atoms with van der Waals surface area (Å²) in [6.45, 7) is 0.221. The van der Waals surface area contributed by atoms with E-state index in [0.29, 0.717) is 11.1 Å². The molecule has 0 atom stereocenters. The average Bonchev–Trinajstić information content (AvgIpc) is 2.71. The van der Waals surface area contributed by atoms with E-state index in [1.165, 1.54) is 12.1 Å². The lowest BCUT2D eigenvalue weighted by Crippen LogP contribution is -2.05. The fraction of sp³-hybridized carbons (Fsp3) is 0.0714. The molecule has 2 aromatic carbocycles. The molecule has 0 radical (unpaired) electrons. The molecule has 0 bridgehead atoms. The van der Waals surface area contributed by atoms with Crippen molar-refractivity contribution in [3.8, 4) is 0 Å². The number of nitrogens with two attached hydrogens (primary N) is 1. The van der Waals surface area contributed by atoms with Crippen molar-refractivity contribution in [1.29, 1.82) is 0 Å². The van der Waals surface area contributed by atoms with Crippen LogP contribution in [0, 0.1) is 11.6 Å². The molecule has 0 unspecified atom stereocenters. The van der Waals surface area contributed by atoms with Gasteiger partial charge in [-0.1, -0.05) is 24.3 Å². The van der Waals surface area contributed by atoms with Crippen LogP contribution in [0.25, 0.3) is 11.0 Å². The van der Waals surface area contributed by atoms with Crippen LogP contribution in [0.15, 0.2) is 42.5 Å². The first-order valence-electron chi connectivity index (χ1n) is 5.80. The Bertz CT molecular complexity index is 750. The number of imidazole rings is 1. The van der Waals surface area contributed by atoms with Gasteiger partial charge >= 0.3 is 0 Å². The van der Waals surface area contributed by atoms with Crippen molar-refractivity contribution in [3.05, 3.63) is 59.7 Å². The molecule has 2 N–H and O–H groups in total. The molecule has 0 fully saturated rings. The molecule has 0 spiro atoms. The lowest BCUT2D eigenvalue weighted by atomic mass is 10.2. The first-order valence-corrected chi connectivity index (χ1v) is 5.80. The number of hydrogen-bond acceptors (Lipinski definition) is 2. The first-order chi connectivity index (χ1) is 9.16. The average molecular weight is 259 g/mol. The van der Waals surface area contributed by atoms with Crippen molar-refractivity contribution >= 4 is 17.0 Å². The van der Waals surface area contributed by atoms with Gasteiger partial charge in [0.2, 0.25) is 5.95 Å². The summed E-state index contributed by atoms with van der Waals surface area (Å²) < 4.78 is 28.8. The largest absolute Gasteiger partial charge is 0.369 e. The second-order valence-corrected chi connectivity index (χ2v) is 4.26. The number of fused-ring (bicyclic) bond motifs is 1. The van der Waals surface area contributed by atoms with Crippen molar-refractivity contribution < 1.29 is 8.78 Å². The number of nitrogens with zero attached hydrogens (tertiary/aromatic N) is 2. The second kappa shape index (κ2) is 4.35. The smallest absolute Gasteiger partial charge is 0.201 e. The third kappa shape index (κ3) is 1.93. The molecule has 0 aliphatic carbocycles. The number of halogens is 2. The molecule has 3 nitrogen and oxygen atoms in total. The van der Waals surface area contributed by atoms with E-state index >= 15 is 0 Å². The molecule has 96 valence electrons. The topological polar surface area (TPSA) is 43.8 Å².